The van der Waals surface area contributed by atoms with Crippen LogP contribution in [0.5, 0.6) is 0 Å². The number of esters is 1. The summed E-state index contributed by atoms with van der Waals surface area (Å²) >= 11 is 0. The number of hydrogen-bond acceptors (Lipinski definition) is 4. The van der Waals surface area contributed by atoms with Gasteiger partial charge in [0, 0.05) is 18.5 Å². The van der Waals surface area contributed by atoms with E-state index in [1.165, 1.54) is 25.3 Å². The minimum absolute atomic E-state index is 0.282. The second-order valence-corrected chi connectivity index (χ2v) is 7.05. The Hall–Kier alpha value is -1.62. The Balaban J connectivity index is 4.11. The van der Waals surface area contributed by atoms with Gasteiger partial charge in [-0.15, -0.1) is 0 Å². The van der Waals surface area contributed by atoms with Crippen LogP contribution >= 0.6 is 0 Å². The van der Waals surface area contributed by atoms with E-state index < -0.39 is 18.0 Å². The van der Waals surface area contributed by atoms with E-state index in [4.69, 9.17) is 4.74 Å². The van der Waals surface area contributed by atoms with Gasteiger partial charge in [0.2, 0.25) is 0 Å². The van der Waals surface area contributed by atoms with Crippen LogP contribution in [-0.4, -0.2) is 50.2 Å². The molecule has 0 aromatic heterocycles. The molecule has 0 amide bonds. The summed E-state index contributed by atoms with van der Waals surface area (Å²) in [5, 5.41) is 10.8. The number of hydrogen-bond donors (Lipinski definition) is 0. The molecule has 0 fully saturated rings. The maximum Gasteiger partial charge on any atom is 0.330 e. The molecule has 0 aromatic rings. The van der Waals surface area contributed by atoms with E-state index in [0.29, 0.717) is 11.0 Å². The Bertz CT molecular complexity index is 422. The fourth-order valence-electron chi connectivity index (χ4n) is 2.26. The van der Waals surface area contributed by atoms with Crippen LogP contribution in [0.25, 0.3) is 0 Å². The number of allylic oxidation sites excluding steroid dienone is 3. The van der Waals surface area contributed by atoms with Crippen LogP contribution < -0.4 is 5.11 Å². The molecule has 0 radical (unpaired) electrons. The maximum atomic E-state index is 11.8. The Labute approximate surface area is 146 Å². The molecule has 0 saturated heterocycles. The summed E-state index contributed by atoms with van der Waals surface area (Å²) in [6.07, 6.45) is 13.0. The zero-order chi connectivity index (χ0) is 18.4. The maximum absolute atomic E-state index is 11.8. The summed E-state index contributed by atoms with van der Waals surface area (Å²) in [6, 6.07) is 0. The number of unbranched alkanes of at least 4 members (excludes halogenated alkanes) is 4. The number of nitrogens with zero attached hydrogens (tertiary/aromatic N) is 1. The number of quaternary nitrogens is 1. The molecule has 0 heterocycles. The van der Waals surface area contributed by atoms with Crippen molar-refractivity contribution in [2.24, 2.45) is 0 Å². The topological polar surface area (TPSA) is 66.4 Å². The van der Waals surface area contributed by atoms with Crippen LogP contribution in [0.15, 0.2) is 24.3 Å². The van der Waals surface area contributed by atoms with Crippen molar-refractivity contribution < 1.29 is 23.9 Å². The fraction of sp³-hybridized carbons (Fsp3) is 0.684. The Morgan fingerprint density at radius 1 is 1.04 bits per heavy atom. The van der Waals surface area contributed by atoms with Gasteiger partial charge in [-0.3, -0.25) is 0 Å². The number of carboxylic acids is 1. The van der Waals surface area contributed by atoms with Crippen molar-refractivity contribution in [3.05, 3.63) is 24.3 Å². The highest BCUT2D eigenvalue weighted by atomic mass is 16.5. The quantitative estimate of drug-likeness (QED) is 0.170. The Kier molecular flexibility index (Phi) is 11.9. The van der Waals surface area contributed by atoms with Crippen molar-refractivity contribution in [2.45, 2.75) is 58.0 Å². The van der Waals surface area contributed by atoms with Crippen molar-refractivity contribution in [3.63, 3.8) is 0 Å². The second-order valence-electron chi connectivity index (χ2n) is 7.05. The van der Waals surface area contributed by atoms with Crippen LogP contribution in [0.4, 0.5) is 0 Å². The molecule has 1 atom stereocenters. The molecule has 24 heavy (non-hydrogen) atoms. The molecule has 0 aromatic carbocycles. The van der Waals surface area contributed by atoms with Crippen LogP contribution in [0.1, 0.15) is 51.9 Å². The van der Waals surface area contributed by atoms with Crippen molar-refractivity contribution in [2.75, 3.05) is 27.7 Å². The molecular formula is C19H33NO4. The van der Waals surface area contributed by atoms with Gasteiger partial charge in [-0.25, -0.2) is 4.79 Å². The van der Waals surface area contributed by atoms with Gasteiger partial charge in [-0.1, -0.05) is 38.0 Å². The van der Waals surface area contributed by atoms with Crippen molar-refractivity contribution in [1.29, 1.82) is 0 Å². The first kappa shape index (κ1) is 22.4. The predicted octanol–water partition coefficient (Wildman–Crippen LogP) is 2.22. The molecule has 0 saturated carbocycles. The molecule has 0 N–H and O–H groups in total. The summed E-state index contributed by atoms with van der Waals surface area (Å²) in [7, 11) is 5.75. The lowest BCUT2D eigenvalue weighted by molar-refractivity contribution is -0.873. The van der Waals surface area contributed by atoms with Gasteiger partial charge in [-0.2, -0.15) is 0 Å². The molecule has 1 unspecified atom stereocenters. The Morgan fingerprint density at radius 3 is 2.25 bits per heavy atom. The van der Waals surface area contributed by atoms with Gasteiger partial charge in [0.25, 0.3) is 0 Å². The zero-order valence-electron chi connectivity index (χ0n) is 15.6. The average molecular weight is 339 g/mol. The number of likely N-dealkylation sites (N-methyl/N-ethyl adjacent to an activating group) is 1. The first-order valence-electron chi connectivity index (χ1n) is 8.77. The van der Waals surface area contributed by atoms with Crippen molar-refractivity contribution in [1.82, 2.24) is 0 Å². The van der Waals surface area contributed by atoms with Crippen LogP contribution in [0.2, 0.25) is 0 Å². The number of ether oxygens (including phenoxy) is 1. The predicted molar refractivity (Wildman–Crippen MR) is 94.1 cm³/mol. The molecule has 0 bridgehead atoms. The zero-order valence-corrected chi connectivity index (χ0v) is 15.6. The molecule has 5 heteroatoms. The third kappa shape index (κ3) is 15.3. The van der Waals surface area contributed by atoms with E-state index in [1.807, 2.05) is 21.1 Å². The molecule has 0 aliphatic rings. The smallest absolute Gasteiger partial charge is 0.330 e. The lowest BCUT2D eigenvalue weighted by Gasteiger charge is -2.29. The number of aliphatic carboxylic acids is 1. The number of carboxylic acid groups (broad SMARTS) is 1. The largest absolute Gasteiger partial charge is 0.550 e. The van der Waals surface area contributed by atoms with Crippen molar-refractivity contribution in [3.8, 4) is 0 Å². The molecule has 138 valence electrons. The summed E-state index contributed by atoms with van der Waals surface area (Å²) < 4.78 is 5.74. The SMILES string of the molecule is CCCCC/C=C/CC/C=C/C(=O)OC(CC(=O)[O-])C[N+](C)(C)C. The van der Waals surface area contributed by atoms with E-state index in [0.717, 1.165) is 19.3 Å². The Morgan fingerprint density at radius 2 is 1.67 bits per heavy atom. The highest BCUT2D eigenvalue weighted by Gasteiger charge is 2.21. The first-order chi connectivity index (χ1) is 11.2. The summed E-state index contributed by atoms with van der Waals surface area (Å²) in [5.41, 5.74) is 0. The first-order valence-corrected chi connectivity index (χ1v) is 8.77. The van der Waals surface area contributed by atoms with E-state index in [-0.39, 0.29) is 6.42 Å². The van der Waals surface area contributed by atoms with Gasteiger partial charge in [0.05, 0.1) is 21.1 Å². The highest BCUT2D eigenvalue weighted by Crippen LogP contribution is 2.06. The highest BCUT2D eigenvalue weighted by molar-refractivity contribution is 5.82. The van der Waals surface area contributed by atoms with Crippen LogP contribution in [-0.2, 0) is 14.3 Å². The summed E-state index contributed by atoms with van der Waals surface area (Å²) in [5.74, 6) is -1.71. The monoisotopic (exact) mass is 339 g/mol. The molecule has 0 spiro atoms. The molecule has 5 nitrogen and oxygen atoms in total. The minimum atomic E-state index is -1.21. The number of carbonyl (C=O) groups excluding carboxylic acids is 2. The number of carbonyl (C=O) groups is 2. The van der Waals surface area contributed by atoms with Crippen LogP contribution in [0.3, 0.4) is 0 Å². The average Bonchev–Trinajstić information content (AvgIpc) is 2.42. The van der Waals surface area contributed by atoms with E-state index >= 15 is 0 Å². The van der Waals surface area contributed by atoms with Gasteiger partial charge in [0.1, 0.15) is 6.54 Å². The lowest BCUT2D eigenvalue weighted by atomic mass is 10.2. The van der Waals surface area contributed by atoms with Gasteiger partial charge < -0.3 is 19.1 Å². The minimum Gasteiger partial charge on any atom is -0.550 e. The standard InChI is InChI=1S/C19H33NO4/c1-5-6-7-8-9-10-11-12-13-14-19(23)24-17(15-18(21)22)16-20(2,3)4/h9-10,13-14,17H,5-8,11-12,15-16H2,1-4H3/b10-9+,14-13+. The van der Waals surface area contributed by atoms with Crippen molar-refractivity contribution >= 4 is 11.9 Å². The fourth-order valence-corrected chi connectivity index (χ4v) is 2.26. The number of rotatable bonds is 13. The molecule has 0 rings (SSSR count). The van der Waals surface area contributed by atoms with Gasteiger partial charge >= 0.3 is 5.97 Å². The van der Waals surface area contributed by atoms with E-state index in [1.54, 1.807) is 6.08 Å². The molecule has 0 aliphatic heterocycles. The summed E-state index contributed by atoms with van der Waals surface area (Å²) in [6.45, 7) is 2.61. The third-order valence-corrected chi connectivity index (χ3v) is 3.32. The van der Waals surface area contributed by atoms with Gasteiger partial charge in [0.15, 0.2) is 6.10 Å². The van der Waals surface area contributed by atoms with Crippen LogP contribution in [0, 0.1) is 0 Å². The molecule has 0 aliphatic carbocycles. The molecular weight excluding hydrogens is 306 g/mol. The van der Waals surface area contributed by atoms with E-state index in [9.17, 15) is 14.7 Å². The second kappa shape index (κ2) is 12.8. The van der Waals surface area contributed by atoms with E-state index in [2.05, 4.69) is 19.1 Å². The summed E-state index contributed by atoms with van der Waals surface area (Å²) in [4.78, 5) is 22.5. The third-order valence-electron chi connectivity index (χ3n) is 3.32. The lowest BCUT2D eigenvalue weighted by Crippen LogP contribution is -2.45. The van der Waals surface area contributed by atoms with Gasteiger partial charge in [-0.05, 0) is 25.7 Å². The normalized spacial score (nSPS) is 13.5.